The standard InChI is InChI=1S/C15H25N3O3S2/c1-3-4-10-22-12(2)15(19)18-13-6-5-7-14(11-13)23(20,21)17-9-8-16/h5-7,11-12,17H,3-4,8-10,16H2,1-2H3,(H,18,19). The maximum atomic E-state index is 12.1. The zero-order chi connectivity index (χ0) is 17.3. The second kappa shape index (κ2) is 9.92. The van der Waals surface area contributed by atoms with Crippen molar-refractivity contribution >= 4 is 33.4 Å². The summed E-state index contributed by atoms with van der Waals surface area (Å²) in [6, 6.07) is 6.19. The molecule has 1 rings (SSSR count). The molecule has 0 heterocycles. The first-order chi connectivity index (χ1) is 10.9. The number of carbonyl (C=O) groups is 1. The van der Waals surface area contributed by atoms with Crippen molar-refractivity contribution in [2.24, 2.45) is 5.73 Å². The van der Waals surface area contributed by atoms with Gasteiger partial charge in [-0.25, -0.2) is 13.1 Å². The quantitative estimate of drug-likeness (QED) is 0.553. The molecule has 1 amide bonds. The average Bonchev–Trinajstić information content (AvgIpc) is 2.53. The highest BCUT2D eigenvalue weighted by Crippen LogP contribution is 2.18. The van der Waals surface area contributed by atoms with Gasteiger partial charge in [-0.2, -0.15) is 0 Å². The average molecular weight is 360 g/mol. The summed E-state index contributed by atoms with van der Waals surface area (Å²) in [6.45, 7) is 4.35. The number of anilines is 1. The van der Waals surface area contributed by atoms with Crippen LogP contribution in [0.15, 0.2) is 29.2 Å². The van der Waals surface area contributed by atoms with Gasteiger partial charge in [0.1, 0.15) is 0 Å². The molecule has 1 aromatic rings. The van der Waals surface area contributed by atoms with Crippen molar-refractivity contribution in [3.63, 3.8) is 0 Å². The van der Waals surface area contributed by atoms with Crippen molar-refractivity contribution < 1.29 is 13.2 Å². The van der Waals surface area contributed by atoms with Crippen LogP contribution in [-0.2, 0) is 14.8 Å². The fourth-order valence-corrected chi connectivity index (χ4v) is 3.85. The van der Waals surface area contributed by atoms with Gasteiger partial charge in [0.2, 0.25) is 15.9 Å². The molecule has 0 spiro atoms. The van der Waals surface area contributed by atoms with Crippen LogP contribution in [0.4, 0.5) is 5.69 Å². The van der Waals surface area contributed by atoms with E-state index in [1.165, 1.54) is 12.1 Å². The number of carbonyl (C=O) groups excluding carboxylic acids is 1. The number of thioether (sulfide) groups is 1. The number of hydrogen-bond donors (Lipinski definition) is 3. The van der Waals surface area contributed by atoms with E-state index in [2.05, 4.69) is 17.0 Å². The Bertz CT molecular complexity index is 606. The first-order valence-electron chi connectivity index (χ1n) is 7.63. The number of benzene rings is 1. The Labute approximate surface area is 142 Å². The molecular formula is C15H25N3O3S2. The minimum Gasteiger partial charge on any atom is -0.329 e. The van der Waals surface area contributed by atoms with Gasteiger partial charge < -0.3 is 11.1 Å². The summed E-state index contributed by atoms with van der Waals surface area (Å²) in [7, 11) is -3.61. The van der Waals surface area contributed by atoms with Gasteiger partial charge in [-0.05, 0) is 37.3 Å². The molecule has 0 aliphatic rings. The predicted molar refractivity (Wildman–Crippen MR) is 96.1 cm³/mol. The number of hydrogen-bond acceptors (Lipinski definition) is 5. The van der Waals surface area contributed by atoms with Crippen LogP contribution >= 0.6 is 11.8 Å². The van der Waals surface area contributed by atoms with E-state index in [-0.39, 0.29) is 29.1 Å². The Hall–Kier alpha value is -1.09. The molecule has 0 aromatic heterocycles. The van der Waals surface area contributed by atoms with E-state index in [0.717, 1.165) is 18.6 Å². The Kier molecular flexibility index (Phi) is 8.60. The molecule has 0 saturated heterocycles. The molecule has 1 unspecified atom stereocenters. The van der Waals surface area contributed by atoms with Gasteiger partial charge >= 0.3 is 0 Å². The Morgan fingerprint density at radius 3 is 2.78 bits per heavy atom. The molecule has 130 valence electrons. The van der Waals surface area contributed by atoms with E-state index in [1.54, 1.807) is 23.9 Å². The van der Waals surface area contributed by atoms with E-state index in [0.29, 0.717) is 5.69 Å². The third kappa shape index (κ3) is 6.90. The molecule has 0 bridgehead atoms. The van der Waals surface area contributed by atoms with Crippen molar-refractivity contribution in [1.29, 1.82) is 0 Å². The number of amides is 1. The Balaban J connectivity index is 2.71. The van der Waals surface area contributed by atoms with Gasteiger partial charge in [0.15, 0.2) is 0 Å². The normalized spacial score (nSPS) is 12.8. The highest BCUT2D eigenvalue weighted by Gasteiger charge is 2.16. The lowest BCUT2D eigenvalue weighted by atomic mass is 10.3. The van der Waals surface area contributed by atoms with Gasteiger partial charge in [-0.1, -0.05) is 19.4 Å². The number of unbranched alkanes of at least 4 members (excludes halogenated alkanes) is 1. The summed E-state index contributed by atoms with van der Waals surface area (Å²) < 4.78 is 26.5. The molecule has 1 aromatic carbocycles. The molecule has 6 nitrogen and oxygen atoms in total. The van der Waals surface area contributed by atoms with Crippen LogP contribution in [0.3, 0.4) is 0 Å². The smallest absolute Gasteiger partial charge is 0.240 e. The highest BCUT2D eigenvalue weighted by atomic mass is 32.2. The Morgan fingerprint density at radius 2 is 2.13 bits per heavy atom. The van der Waals surface area contributed by atoms with Crippen molar-refractivity contribution in [1.82, 2.24) is 4.72 Å². The zero-order valence-electron chi connectivity index (χ0n) is 13.5. The lowest BCUT2D eigenvalue weighted by Crippen LogP contribution is -2.29. The first kappa shape index (κ1) is 20.0. The van der Waals surface area contributed by atoms with Crippen molar-refractivity contribution in [3.05, 3.63) is 24.3 Å². The summed E-state index contributed by atoms with van der Waals surface area (Å²) >= 11 is 1.59. The first-order valence-corrected chi connectivity index (χ1v) is 10.2. The monoisotopic (exact) mass is 359 g/mol. The van der Waals surface area contributed by atoms with Gasteiger partial charge in [0.25, 0.3) is 0 Å². The predicted octanol–water partition coefficient (Wildman–Crippen LogP) is 1.78. The van der Waals surface area contributed by atoms with Crippen LogP contribution in [0.5, 0.6) is 0 Å². The van der Waals surface area contributed by atoms with Crippen molar-refractivity contribution in [2.75, 3.05) is 24.2 Å². The third-order valence-electron chi connectivity index (χ3n) is 3.08. The summed E-state index contributed by atoms with van der Waals surface area (Å²) in [5.74, 6) is 0.804. The fraction of sp³-hybridized carbons (Fsp3) is 0.533. The maximum absolute atomic E-state index is 12.1. The lowest BCUT2D eigenvalue weighted by molar-refractivity contribution is -0.115. The molecule has 0 radical (unpaired) electrons. The molecule has 0 aliphatic heterocycles. The highest BCUT2D eigenvalue weighted by molar-refractivity contribution is 8.00. The molecule has 0 fully saturated rings. The molecule has 4 N–H and O–H groups in total. The van der Waals surface area contributed by atoms with Crippen LogP contribution in [0.2, 0.25) is 0 Å². The Morgan fingerprint density at radius 1 is 1.39 bits per heavy atom. The summed E-state index contributed by atoms with van der Waals surface area (Å²) in [5, 5.41) is 2.58. The van der Waals surface area contributed by atoms with Crippen LogP contribution in [0.1, 0.15) is 26.7 Å². The number of rotatable bonds is 10. The van der Waals surface area contributed by atoms with Crippen LogP contribution in [0, 0.1) is 0 Å². The summed E-state index contributed by atoms with van der Waals surface area (Å²) in [5.41, 5.74) is 5.77. The van der Waals surface area contributed by atoms with Gasteiger partial charge in [-0.3, -0.25) is 4.79 Å². The van der Waals surface area contributed by atoms with Gasteiger partial charge in [0, 0.05) is 18.8 Å². The van der Waals surface area contributed by atoms with Gasteiger partial charge in [0.05, 0.1) is 10.1 Å². The van der Waals surface area contributed by atoms with Crippen LogP contribution < -0.4 is 15.8 Å². The van der Waals surface area contributed by atoms with E-state index in [1.807, 2.05) is 6.92 Å². The minimum absolute atomic E-state index is 0.107. The lowest BCUT2D eigenvalue weighted by Gasteiger charge is -2.13. The van der Waals surface area contributed by atoms with Crippen molar-refractivity contribution in [3.8, 4) is 0 Å². The second-order valence-electron chi connectivity index (χ2n) is 5.07. The van der Waals surface area contributed by atoms with E-state index in [4.69, 9.17) is 5.73 Å². The fourth-order valence-electron chi connectivity index (χ4n) is 1.74. The van der Waals surface area contributed by atoms with E-state index in [9.17, 15) is 13.2 Å². The molecule has 1 atom stereocenters. The second-order valence-corrected chi connectivity index (χ2v) is 8.29. The summed E-state index contributed by atoms with van der Waals surface area (Å²) in [4.78, 5) is 12.2. The zero-order valence-corrected chi connectivity index (χ0v) is 15.2. The number of sulfonamides is 1. The molecule has 23 heavy (non-hydrogen) atoms. The molecule has 0 aliphatic carbocycles. The minimum atomic E-state index is -3.61. The SMILES string of the molecule is CCCCSC(C)C(=O)Nc1cccc(S(=O)(=O)NCCN)c1. The number of nitrogens with one attached hydrogen (secondary N) is 2. The van der Waals surface area contributed by atoms with Crippen LogP contribution in [-0.4, -0.2) is 38.4 Å². The number of nitrogens with two attached hydrogens (primary N) is 1. The van der Waals surface area contributed by atoms with E-state index < -0.39 is 10.0 Å². The molecular weight excluding hydrogens is 334 g/mol. The van der Waals surface area contributed by atoms with Crippen molar-refractivity contribution in [2.45, 2.75) is 36.8 Å². The van der Waals surface area contributed by atoms with Gasteiger partial charge in [-0.15, -0.1) is 11.8 Å². The van der Waals surface area contributed by atoms with Crippen LogP contribution in [0.25, 0.3) is 0 Å². The third-order valence-corrected chi connectivity index (χ3v) is 5.78. The largest absolute Gasteiger partial charge is 0.329 e. The molecule has 0 saturated carbocycles. The van der Waals surface area contributed by atoms with E-state index >= 15 is 0 Å². The molecule has 8 heteroatoms. The maximum Gasteiger partial charge on any atom is 0.240 e. The topological polar surface area (TPSA) is 101 Å². The summed E-state index contributed by atoms with van der Waals surface area (Å²) in [6.07, 6.45) is 2.17.